The van der Waals surface area contributed by atoms with Crippen molar-refractivity contribution in [2.45, 2.75) is 59.6 Å². The van der Waals surface area contributed by atoms with Gasteiger partial charge < -0.3 is 18.9 Å². The molecule has 37 heavy (non-hydrogen) atoms. The first-order valence-corrected chi connectivity index (χ1v) is 12.0. The van der Waals surface area contributed by atoms with Gasteiger partial charge in [-0.15, -0.1) is 5.10 Å². The fourth-order valence-corrected chi connectivity index (χ4v) is 3.74. The lowest BCUT2D eigenvalue weighted by molar-refractivity contribution is -0.161. The van der Waals surface area contributed by atoms with Crippen molar-refractivity contribution in [1.82, 2.24) is 25.0 Å². The van der Waals surface area contributed by atoms with Crippen LogP contribution in [0.25, 0.3) is 11.3 Å². The van der Waals surface area contributed by atoms with Crippen LogP contribution in [0.5, 0.6) is 0 Å². The van der Waals surface area contributed by atoms with E-state index in [1.165, 1.54) is 17.3 Å². The van der Waals surface area contributed by atoms with Gasteiger partial charge in [-0.05, 0) is 46.6 Å². The van der Waals surface area contributed by atoms with Gasteiger partial charge in [-0.25, -0.2) is 9.97 Å². The second kappa shape index (κ2) is 8.99. The summed E-state index contributed by atoms with van der Waals surface area (Å²) in [6, 6.07) is 7.64. The number of hydrogen-bond acceptors (Lipinski definition) is 9. The Morgan fingerprint density at radius 1 is 1.19 bits per heavy atom. The predicted molar refractivity (Wildman–Crippen MR) is 131 cm³/mol. The fraction of sp³-hybridized carbons (Fsp3) is 0.385. The summed E-state index contributed by atoms with van der Waals surface area (Å²) in [6.45, 7) is 9.22. The Bertz CT molecular complexity index is 1470. The summed E-state index contributed by atoms with van der Waals surface area (Å²) in [4.78, 5) is 35.4. The van der Waals surface area contributed by atoms with Crippen LogP contribution in [0.3, 0.4) is 0 Å². The number of oxazole rings is 2. The topological polar surface area (TPSA) is 138 Å². The number of benzene rings is 1. The van der Waals surface area contributed by atoms with Crippen molar-refractivity contribution >= 4 is 17.7 Å². The van der Waals surface area contributed by atoms with E-state index < -0.39 is 16.9 Å². The van der Waals surface area contributed by atoms with Crippen molar-refractivity contribution < 1.29 is 23.2 Å². The smallest absolute Gasteiger partial charge is 0.312 e. The third-order valence-electron chi connectivity index (χ3n) is 5.91. The van der Waals surface area contributed by atoms with Crippen molar-refractivity contribution in [1.29, 1.82) is 0 Å². The monoisotopic (exact) mass is 504 g/mol. The first kappa shape index (κ1) is 24.4. The second-order valence-corrected chi connectivity index (χ2v) is 10.3. The minimum Gasteiger partial charge on any atom is -0.452 e. The normalized spacial score (nSPS) is 14.4. The molecule has 0 bridgehead atoms. The van der Waals surface area contributed by atoms with E-state index in [4.69, 9.17) is 13.6 Å². The molecule has 11 heteroatoms. The highest BCUT2D eigenvalue weighted by atomic mass is 16.6. The van der Waals surface area contributed by atoms with Crippen LogP contribution in [0.2, 0.25) is 0 Å². The van der Waals surface area contributed by atoms with E-state index in [9.17, 15) is 9.59 Å². The molecule has 192 valence electrons. The molecule has 0 radical (unpaired) electrons. The first-order chi connectivity index (χ1) is 17.5. The van der Waals surface area contributed by atoms with Crippen LogP contribution in [0.15, 0.2) is 45.6 Å². The van der Waals surface area contributed by atoms with E-state index in [0.29, 0.717) is 36.1 Å². The summed E-state index contributed by atoms with van der Waals surface area (Å²) in [6.07, 6.45) is 4.32. The number of nitrogens with zero attached hydrogens (tertiary/aromatic N) is 5. The Labute approximate surface area is 213 Å². The number of hydrogen-bond donors (Lipinski definition) is 1. The van der Waals surface area contributed by atoms with E-state index in [-0.39, 0.29) is 24.0 Å². The lowest BCUT2D eigenvalue weighted by Crippen LogP contribution is -2.28. The van der Waals surface area contributed by atoms with Crippen molar-refractivity contribution in [3.8, 4) is 11.3 Å². The van der Waals surface area contributed by atoms with Crippen molar-refractivity contribution in [2.75, 3.05) is 5.32 Å². The maximum Gasteiger partial charge on any atom is 0.312 e. The van der Waals surface area contributed by atoms with Crippen LogP contribution in [0.4, 0.5) is 5.82 Å². The maximum atomic E-state index is 13.0. The minimum atomic E-state index is -0.729. The van der Waals surface area contributed by atoms with Gasteiger partial charge in [-0.3, -0.25) is 9.59 Å². The molecular formula is C26H28N6O5. The summed E-state index contributed by atoms with van der Waals surface area (Å²) in [5.41, 5.74) is 1.20. The minimum absolute atomic E-state index is 0.136. The van der Waals surface area contributed by atoms with E-state index in [0.717, 1.165) is 11.1 Å². The molecule has 3 aromatic heterocycles. The summed E-state index contributed by atoms with van der Waals surface area (Å²) < 4.78 is 17.0. The highest BCUT2D eigenvalue weighted by Crippen LogP contribution is 2.49. The Morgan fingerprint density at radius 2 is 1.97 bits per heavy atom. The van der Waals surface area contributed by atoms with Gasteiger partial charge in [0.25, 0.3) is 5.91 Å². The summed E-state index contributed by atoms with van der Waals surface area (Å²) in [5.74, 6) is 0.624. The Balaban J connectivity index is 1.26. The third kappa shape index (κ3) is 5.16. The van der Waals surface area contributed by atoms with E-state index in [2.05, 4.69) is 25.5 Å². The fourth-order valence-electron chi connectivity index (χ4n) is 3.74. The molecule has 0 aliphatic heterocycles. The number of esters is 1. The molecule has 1 aliphatic carbocycles. The lowest BCUT2D eigenvalue weighted by atomic mass is 9.97. The standard InChI is InChI=1S/C26H28N6O5/c1-15-7-6-8-17(11-15)22-21(28-16(2)36-22)23(33)30-19-12-27-32(31-19)13-20-29-18(14-35-20)26(9-10-26)37-24(34)25(3,4)5/h6-8,11-12,14H,9-10,13H2,1-5H3,(H,30,31,33). The van der Waals surface area contributed by atoms with Gasteiger partial charge in [0.1, 0.15) is 18.5 Å². The highest BCUT2D eigenvalue weighted by molar-refractivity contribution is 6.05. The molecule has 0 saturated heterocycles. The van der Waals surface area contributed by atoms with Gasteiger partial charge in [0.15, 0.2) is 28.8 Å². The van der Waals surface area contributed by atoms with E-state index >= 15 is 0 Å². The molecule has 5 rings (SSSR count). The summed E-state index contributed by atoms with van der Waals surface area (Å²) in [7, 11) is 0. The molecule has 0 spiro atoms. The average Bonchev–Trinajstić information content (AvgIpc) is 3.16. The van der Waals surface area contributed by atoms with Gasteiger partial charge in [0, 0.05) is 12.5 Å². The molecular weight excluding hydrogens is 476 g/mol. The van der Waals surface area contributed by atoms with Crippen LogP contribution in [-0.4, -0.2) is 36.8 Å². The molecule has 1 saturated carbocycles. The number of rotatable bonds is 7. The number of carbonyl (C=O) groups excluding carboxylic acids is 2. The largest absolute Gasteiger partial charge is 0.452 e. The second-order valence-electron chi connectivity index (χ2n) is 10.3. The zero-order valence-electron chi connectivity index (χ0n) is 21.4. The summed E-state index contributed by atoms with van der Waals surface area (Å²) in [5, 5.41) is 11.2. The molecule has 1 aliphatic rings. The van der Waals surface area contributed by atoms with Crippen molar-refractivity contribution in [2.24, 2.45) is 5.41 Å². The van der Waals surface area contributed by atoms with Crippen LogP contribution >= 0.6 is 0 Å². The number of ether oxygens (including phenoxy) is 1. The number of carbonyl (C=O) groups is 2. The number of aromatic nitrogens is 5. The van der Waals surface area contributed by atoms with Gasteiger partial charge in [0.2, 0.25) is 5.89 Å². The molecule has 3 heterocycles. The highest BCUT2D eigenvalue weighted by Gasteiger charge is 2.52. The molecule has 1 amide bonds. The van der Waals surface area contributed by atoms with Gasteiger partial charge in [-0.2, -0.15) is 9.90 Å². The molecule has 0 unspecified atom stereocenters. The number of aryl methyl sites for hydroxylation is 2. The molecule has 11 nitrogen and oxygen atoms in total. The van der Waals surface area contributed by atoms with Gasteiger partial charge >= 0.3 is 5.97 Å². The number of anilines is 1. The van der Waals surface area contributed by atoms with E-state index in [1.54, 1.807) is 6.92 Å². The first-order valence-electron chi connectivity index (χ1n) is 12.0. The lowest BCUT2D eigenvalue weighted by Gasteiger charge is -2.21. The Morgan fingerprint density at radius 3 is 2.68 bits per heavy atom. The quantitative estimate of drug-likeness (QED) is 0.362. The zero-order valence-corrected chi connectivity index (χ0v) is 21.4. The maximum absolute atomic E-state index is 13.0. The van der Waals surface area contributed by atoms with Crippen molar-refractivity contribution in [3.05, 3.63) is 65.5 Å². The predicted octanol–water partition coefficient (Wildman–Crippen LogP) is 4.42. The van der Waals surface area contributed by atoms with Crippen LogP contribution < -0.4 is 5.32 Å². The van der Waals surface area contributed by atoms with Crippen LogP contribution in [0.1, 0.15) is 67.1 Å². The molecule has 1 fully saturated rings. The Kier molecular flexibility index (Phi) is 5.93. The molecule has 0 atom stereocenters. The SMILES string of the molecule is Cc1cccc(-c2oc(C)nc2C(=O)Nc2cnn(Cc3nc(C4(OC(=O)C(C)(C)C)CC4)co3)n2)c1. The van der Waals surface area contributed by atoms with Crippen LogP contribution in [-0.2, 0) is 21.7 Å². The third-order valence-corrected chi connectivity index (χ3v) is 5.91. The molecule has 4 aromatic rings. The van der Waals surface area contributed by atoms with Gasteiger partial charge in [0.05, 0.1) is 11.6 Å². The summed E-state index contributed by atoms with van der Waals surface area (Å²) >= 11 is 0. The number of nitrogens with one attached hydrogen (secondary N) is 1. The van der Waals surface area contributed by atoms with E-state index in [1.807, 2.05) is 52.0 Å². The number of amides is 1. The molecule has 1 N–H and O–H groups in total. The van der Waals surface area contributed by atoms with Gasteiger partial charge in [-0.1, -0.05) is 23.8 Å². The van der Waals surface area contributed by atoms with Crippen LogP contribution in [0, 0.1) is 19.3 Å². The average molecular weight is 505 g/mol. The van der Waals surface area contributed by atoms with Crippen molar-refractivity contribution in [3.63, 3.8) is 0 Å². The zero-order chi connectivity index (χ0) is 26.4. The Hall–Kier alpha value is -4.28. The molecule has 1 aromatic carbocycles.